The summed E-state index contributed by atoms with van der Waals surface area (Å²) in [5.74, 6) is -0.370. The third-order valence-corrected chi connectivity index (χ3v) is 3.55. The number of ether oxygens (including phenoxy) is 2. The predicted octanol–water partition coefficient (Wildman–Crippen LogP) is 2.39. The summed E-state index contributed by atoms with van der Waals surface area (Å²) < 4.78 is 10.6. The fourth-order valence-corrected chi connectivity index (χ4v) is 2.05. The van der Waals surface area contributed by atoms with Crippen molar-refractivity contribution in [3.8, 4) is 5.75 Å². The summed E-state index contributed by atoms with van der Waals surface area (Å²) in [4.78, 5) is 23.2. The van der Waals surface area contributed by atoms with Gasteiger partial charge in [-0.15, -0.1) is 0 Å². The number of amides is 2. The second-order valence-corrected chi connectivity index (χ2v) is 5.69. The van der Waals surface area contributed by atoms with Crippen molar-refractivity contribution < 1.29 is 19.1 Å². The average molecular weight is 363 g/mol. The van der Waals surface area contributed by atoms with Gasteiger partial charge in [0, 0.05) is 5.02 Å². The van der Waals surface area contributed by atoms with Gasteiger partial charge in [-0.05, 0) is 30.7 Å². The van der Waals surface area contributed by atoms with Gasteiger partial charge in [-0.2, -0.15) is 0 Å². The van der Waals surface area contributed by atoms with Crippen molar-refractivity contribution in [1.29, 1.82) is 0 Å². The molecule has 7 heteroatoms. The second kappa shape index (κ2) is 9.66. The summed E-state index contributed by atoms with van der Waals surface area (Å²) >= 11 is 5.98. The fraction of sp³-hybridized carbons (Fsp3) is 0.222. The van der Waals surface area contributed by atoms with Crippen LogP contribution in [0.1, 0.15) is 11.1 Å². The number of rotatable bonds is 7. The quantitative estimate of drug-likeness (QED) is 0.741. The molecule has 0 aliphatic heterocycles. The van der Waals surface area contributed by atoms with Crippen molar-refractivity contribution >= 4 is 23.4 Å². The second-order valence-electron chi connectivity index (χ2n) is 5.28. The largest absolute Gasteiger partial charge is 0.484 e. The Kier molecular flexibility index (Phi) is 7.25. The minimum absolute atomic E-state index is 0.204. The Bertz CT molecular complexity index is 719. The highest BCUT2D eigenvalue weighted by Gasteiger charge is 2.07. The van der Waals surface area contributed by atoms with E-state index < -0.39 is 11.8 Å². The molecule has 2 amide bonds. The van der Waals surface area contributed by atoms with E-state index in [2.05, 4.69) is 10.9 Å². The van der Waals surface area contributed by atoms with E-state index in [0.717, 1.165) is 11.1 Å². The predicted molar refractivity (Wildman–Crippen MR) is 94.1 cm³/mol. The average Bonchev–Trinajstić information content (AvgIpc) is 2.61. The summed E-state index contributed by atoms with van der Waals surface area (Å²) in [6, 6.07) is 14.5. The molecule has 6 nitrogen and oxygen atoms in total. The smallest absolute Gasteiger partial charge is 0.276 e. The molecule has 0 unspecified atom stereocenters. The summed E-state index contributed by atoms with van der Waals surface area (Å²) in [6.45, 7) is 1.76. The number of aryl methyl sites for hydroxylation is 1. The van der Waals surface area contributed by atoms with Crippen molar-refractivity contribution in [3.05, 3.63) is 64.7 Å². The molecule has 2 N–H and O–H groups in total. The zero-order valence-electron chi connectivity index (χ0n) is 13.8. The Morgan fingerprint density at radius 2 is 1.60 bits per heavy atom. The molecule has 132 valence electrons. The summed E-state index contributed by atoms with van der Waals surface area (Å²) in [5.41, 5.74) is 6.39. The standard InChI is InChI=1S/C18H19ClN2O4/c1-13-6-8-15(9-7-13)25-12-18(23)21-20-17(22)11-24-10-14-4-2-3-5-16(14)19/h2-9H,10-12H2,1H3,(H,20,22)(H,21,23). The number of halogens is 1. The highest BCUT2D eigenvalue weighted by atomic mass is 35.5. The van der Waals surface area contributed by atoms with Crippen LogP contribution in [0.4, 0.5) is 0 Å². The number of nitrogens with one attached hydrogen (secondary N) is 2. The number of hydrogen-bond acceptors (Lipinski definition) is 4. The van der Waals surface area contributed by atoms with Crippen LogP contribution in [0, 0.1) is 6.92 Å². The Labute approximate surface area is 151 Å². The van der Waals surface area contributed by atoms with E-state index in [1.165, 1.54) is 0 Å². The van der Waals surface area contributed by atoms with Crippen molar-refractivity contribution in [2.75, 3.05) is 13.2 Å². The van der Waals surface area contributed by atoms with Crippen molar-refractivity contribution in [2.45, 2.75) is 13.5 Å². The van der Waals surface area contributed by atoms with Crippen LogP contribution in [-0.4, -0.2) is 25.0 Å². The van der Waals surface area contributed by atoms with Gasteiger partial charge in [-0.3, -0.25) is 20.4 Å². The zero-order valence-corrected chi connectivity index (χ0v) is 14.5. The number of hydrazine groups is 1. The van der Waals surface area contributed by atoms with E-state index in [1.807, 2.05) is 37.3 Å². The molecule has 0 atom stereocenters. The summed E-state index contributed by atoms with van der Waals surface area (Å²) in [5, 5.41) is 0.574. The van der Waals surface area contributed by atoms with Crippen molar-refractivity contribution in [1.82, 2.24) is 10.9 Å². The summed E-state index contributed by atoms with van der Waals surface area (Å²) in [6.07, 6.45) is 0. The van der Waals surface area contributed by atoms with Crippen LogP contribution < -0.4 is 15.6 Å². The fourth-order valence-electron chi connectivity index (χ4n) is 1.86. The maximum absolute atomic E-state index is 11.6. The molecule has 2 aromatic carbocycles. The first-order valence-corrected chi connectivity index (χ1v) is 8.00. The van der Waals surface area contributed by atoms with E-state index in [4.69, 9.17) is 21.1 Å². The van der Waals surface area contributed by atoms with Gasteiger partial charge in [-0.25, -0.2) is 0 Å². The van der Waals surface area contributed by atoms with Crippen molar-refractivity contribution in [3.63, 3.8) is 0 Å². The Morgan fingerprint density at radius 3 is 2.28 bits per heavy atom. The molecular weight excluding hydrogens is 344 g/mol. The van der Waals surface area contributed by atoms with Crippen molar-refractivity contribution in [2.24, 2.45) is 0 Å². The third-order valence-electron chi connectivity index (χ3n) is 3.18. The first kappa shape index (κ1) is 18.8. The molecule has 0 heterocycles. The van der Waals surface area contributed by atoms with E-state index in [0.29, 0.717) is 10.8 Å². The normalized spacial score (nSPS) is 10.2. The van der Waals surface area contributed by atoms with Crippen LogP contribution in [0.2, 0.25) is 5.02 Å². The first-order chi connectivity index (χ1) is 12.0. The molecule has 25 heavy (non-hydrogen) atoms. The minimum atomic E-state index is -0.476. The van der Waals surface area contributed by atoms with Gasteiger partial charge in [0.2, 0.25) is 0 Å². The van der Waals surface area contributed by atoms with Gasteiger partial charge >= 0.3 is 0 Å². The van der Waals surface area contributed by atoms with Crippen LogP contribution in [0.5, 0.6) is 5.75 Å². The molecule has 2 rings (SSSR count). The van der Waals surface area contributed by atoms with E-state index in [9.17, 15) is 9.59 Å². The van der Waals surface area contributed by atoms with E-state index in [1.54, 1.807) is 18.2 Å². The molecule has 0 bridgehead atoms. The highest BCUT2D eigenvalue weighted by molar-refractivity contribution is 6.31. The van der Waals surface area contributed by atoms with Gasteiger partial charge < -0.3 is 9.47 Å². The van der Waals surface area contributed by atoms with E-state index in [-0.39, 0.29) is 19.8 Å². The van der Waals surface area contributed by atoms with Gasteiger partial charge in [-0.1, -0.05) is 47.5 Å². The van der Waals surface area contributed by atoms with Crippen LogP contribution in [-0.2, 0) is 20.9 Å². The molecule has 0 spiro atoms. The third kappa shape index (κ3) is 6.82. The number of carbonyl (C=O) groups is 2. The number of carbonyl (C=O) groups excluding carboxylic acids is 2. The van der Waals surface area contributed by atoms with Crippen LogP contribution in [0.3, 0.4) is 0 Å². The first-order valence-electron chi connectivity index (χ1n) is 7.63. The number of hydrogen-bond donors (Lipinski definition) is 2. The monoisotopic (exact) mass is 362 g/mol. The lowest BCUT2D eigenvalue weighted by atomic mass is 10.2. The maximum atomic E-state index is 11.6. The number of benzene rings is 2. The maximum Gasteiger partial charge on any atom is 0.276 e. The molecule has 0 aliphatic rings. The van der Waals surface area contributed by atoms with E-state index >= 15 is 0 Å². The highest BCUT2D eigenvalue weighted by Crippen LogP contribution is 2.15. The lowest BCUT2D eigenvalue weighted by Crippen LogP contribution is -2.45. The van der Waals surface area contributed by atoms with Crippen LogP contribution in [0.15, 0.2) is 48.5 Å². The lowest BCUT2D eigenvalue weighted by molar-refractivity contribution is -0.132. The van der Waals surface area contributed by atoms with Gasteiger partial charge in [0.25, 0.3) is 11.8 Å². The molecule has 0 radical (unpaired) electrons. The molecule has 0 aliphatic carbocycles. The van der Waals surface area contributed by atoms with Crippen LogP contribution in [0.25, 0.3) is 0 Å². The Hall–Kier alpha value is -2.57. The minimum Gasteiger partial charge on any atom is -0.484 e. The summed E-state index contributed by atoms with van der Waals surface area (Å²) in [7, 11) is 0. The molecule has 0 aromatic heterocycles. The Morgan fingerprint density at radius 1 is 0.960 bits per heavy atom. The van der Waals surface area contributed by atoms with Gasteiger partial charge in [0.05, 0.1) is 6.61 Å². The zero-order chi connectivity index (χ0) is 18.1. The molecule has 2 aromatic rings. The van der Waals surface area contributed by atoms with Gasteiger partial charge in [0.15, 0.2) is 6.61 Å². The molecular formula is C18H19ClN2O4. The van der Waals surface area contributed by atoms with Gasteiger partial charge in [0.1, 0.15) is 12.4 Å². The molecule has 0 saturated heterocycles. The van der Waals surface area contributed by atoms with Crippen LogP contribution >= 0.6 is 11.6 Å². The Balaban J connectivity index is 1.61. The molecule has 0 saturated carbocycles. The lowest BCUT2D eigenvalue weighted by Gasteiger charge is -2.09. The molecule has 0 fully saturated rings. The topological polar surface area (TPSA) is 76.7 Å². The SMILES string of the molecule is Cc1ccc(OCC(=O)NNC(=O)COCc2ccccc2Cl)cc1.